The van der Waals surface area contributed by atoms with Gasteiger partial charge in [-0.3, -0.25) is 0 Å². The molecule has 0 aliphatic carbocycles. The Hall–Kier alpha value is -1.49. The smallest absolute Gasteiger partial charge is 0.243 e. The van der Waals surface area contributed by atoms with E-state index in [1.54, 1.807) is 6.07 Å². The molecule has 1 atom stereocenters. The van der Waals surface area contributed by atoms with Crippen molar-refractivity contribution >= 4 is 10.0 Å². The first-order valence-electron chi connectivity index (χ1n) is 5.12. The van der Waals surface area contributed by atoms with Crippen molar-refractivity contribution in [1.82, 2.24) is 9.71 Å². The summed E-state index contributed by atoms with van der Waals surface area (Å²) in [7, 11) is -3.74. The molecule has 3 N–H and O–H groups in total. The third-order valence-electron chi connectivity index (χ3n) is 2.27. The van der Waals surface area contributed by atoms with Gasteiger partial charge in [-0.2, -0.15) is 5.26 Å². The van der Waals surface area contributed by atoms with Crippen molar-refractivity contribution in [3.05, 3.63) is 24.0 Å². The highest BCUT2D eigenvalue weighted by atomic mass is 32.2. The SMILES string of the molecule is CCC(CN)NS(=O)(=O)c1cccnc1C#N. The fourth-order valence-corrected chi connectivity index (χ4v) is 2.71. The van der Waals surface area contributed by atoms with Crippen LogP contribution in [0.2, 0.25) is 0 Å². The van der Waals surface area contributed by atoms with E-state index in [0.717, 1.165) is 0 Å². The third kappa shape index (κ3) is 3.23. The molecule has 0 radical (unpaired) electrons. The van der Waals surface area contributed by atoms with E-state index in [1.807, 2.05) is 6.92 Å². The van der Waals surface area contributed by atoms with Crippen LogP contribution in [0, 0.1) is 11.3 Å². The van der Waals surface area contributed by atoms with Crippen LogP contribution in [0.25, 0.3) is 0 Å². The summed E-state index contributed by atoms with van der Waals surface area (Å²) in [6.07, 6.45) is 1.95. The lowest BCUT2D eigenvalue weighted by molar-refractivity contribution is 0.542. The zero-order chi connectivity index (χ0) is 12.9. The minimum Gasteiger partial charge on any atom is -0.329 e. The summed E-state index contributed by atoms with van der Waals surface area (Å²) in [5.74, 6) is 0. The van der Waals surface area contributed by atoms with Crippen LogP contribution >= 0.6 is 0 Å². The Labute approximate surface area is 101 Å². The molecular weight excluding hydrogens is 240 g/mol. The minimum atomic E-state index is -3.74. The molecule has 0 aromatic carbocycles. The summed E-state index contributed by atoms with van der Waals surface area (Å²) in [6.45, 7) is 2.03. The van der Waals surface area contributed by atoms with Gasteiger partial charge in [-0.25, -0.2) is 18.1 Å². The van der Waals surface area contributed by atoms with Crippen LogP contribution in [0.15, 0.2) is 23.2 Å². The molecule has 1 heterocycles. The number of hydrogen-bond donors (Lipinski definition) is 2. The van der Waals surface area contributed by atoms with Gasteiger partial charge in [0.2, 0.25) is 10.0 Å². The lowest BCUT2D eigenvalue weighted by Crippen LogP contribution is -2.39. The molecule has 7 heteroatoms. The predicted molar refractivity (Wildman–Crippen MR) is 62.4 cm³/mol. The highest BCUT2D eigenvalue weighted by molar-refractivity contribution is 7.89. The number of nitrogens with zero attached hydrogens (tertiary/aromatic N) is 2. The van der Waals surface area contributed by atoms with Crippen molar-refractivity contribution in [3.8, 4) is 6.07 Å². The number of pyridine rings is 1. The molecular formula is C10H14N4O2S. The van der Waals surface area contributed by atoms with Gasteiger partial charge in [0.25, 0.3) is 0 Å². The molecule has 0 aliphatic heterocycles. The molecule has 1 aromatic rings. The van der Waals surface area contributed by atoms with Crippen LogP contribution in [0.1, 0.15) is 19.0 Å². The van der Waals surface area contributed by atoms with E-state index in [2.05, 4.69) is 9.71 Å². The van der Waals surface area contributed by atoms with Gasteiger partial charge in [0.05, 0.1) is 0 Å². The number of nitriles is 1. The van der Waals surface area contributed by atoms with Gasteiger partial charge in [-0.1, -0.05) is 6.92 Å². The average Bonchev–Trinajstić information content (AvgIpc) is 2.35. The van der Waals surface area contributed by atoms with E-state index in [9.17, 15) is 8.42 Å². The van der Waals surface area contributed by atoms with Crippen LogP contribution < -0.4 is 10.5 Å². The monoisotopic (exact) mass is 254 g/mol. The van der Waals surface area contributed by atoms with Gasteiger partial charge < -0.3 is 5.73 Å². The molecule has 0 amide bonds. The van der Waals surface area contributed by atoms with Gasteiger partial charge in [0.15, 0.2) is 5.69 Å². The van der Waals surface area contributed by atoms with E-state index in [1.165, 1.54) is 18.3 Å². The lowest BCUT2D eigenvalue weighted by Gasteiger charge is -2.14. The van der Waals surface area contributed by atoms with Crippen LogP contribution in [0.3, 0.4) is 0 Å². The Balaban J connectivity index is 3.10. The zero-order valence-electron chi connectivity index (χ0n) is 9.42. The predicted octanol–water partition coefficient (Wildman–Crippen LogP) is -0.0311. The molecule has 6 nitrogen and oxygen atoms in total. The second-order valence-electron chi connectivity index (χ2n) is 3.42. The maximum Gasteiger partial charge on any atom is 0.243 e. The van der Waals surface area contributed by atoms with Crippen molar-refractivity contribution < 1.29 is 8.42 Å². The molecule has 92 valence electrons. The van der Waals surface area contributed by atoms with E-state index >= 15 is 0 Å². The van der Waals surface area contributed by atoms with Crippen molar-refractivity contribution in [2.24, 2.45) is 5.73 Å². The Morgan fingerprint density at radius 2 is 2.35 bits per heavy atom. The first kappa shape index (κ1) is 13.6. The molecule has 0 fully saturated rings. The largest absolute Gasteiger partial charge is 0.329 e. The molecule has 1 rings (SSSR count). The summed E-state index contributed by atoms with van der Waals surface area (Å²) in [6, 6.07) is 4.22. The minimum absolute atomic E-state index is 0.116. The molecule has 17 heavy (non-hydrogen) atoms. The number of sulfonamides is 1. The number of rotatable bonds is 5. The maximum absolute atomic E-state index is 12.0. The Morgan fingerprint density at radius 1 is 1.65 bits per heavy atom. The first-order chi connectivity index (χ1) is 8.05. The molecule has 1 unspecified atom stereocenters. The van der Waals surface area contributed by atoms with Gasteiger partial charge in [-0.15, -0.1) is 0 Å². The quantitative estimate of drug-likeness (QED) is 0.766. The topological polar surface area (TPSA) is 109 Å². The lowest BCUT2D eigenvalue weighted by atomic mass is 10.2. The fraction of sp³-hybridized carbons (Fsp3) is 0.400. The van der Waals surface area contributed by atoms with E-state index < -0.39 is 10.0 Å². The third-order valence-corrected chi connectivity index (χ3v) is 3.82. The van der Waals surface area contributed by atoms with Crippen molar-refractivity contribution in [2.75, 3.05) is 6.54 Å². The van der Waals surface area contributed by atoms with Crippen molar-refractivity contribution in [2.45, 2.75) is 24.3 Å². The standard InChI is InChI=1S/C10H14N4O2S/c1-2-8(6-11)14-17(15,16)10-4-3-5-13-9(10)7-12/h3-5,8,14H,2,6,11H2,1H3. The molecule has 0 spiro atoms. The van der Waals surface area contributed by atoms with Crippen LogP contribution in [-0.4, -0.2) is 26.0 Å². The Morgan fingerprint density at radius 3 is 2.88 bits per heavy atom. The van der Waals surface area contributed by atoms with Gasteiger partial charge in [0.1, 0.15) is 11.0 Å². The highest BCUT2D eigenvalue weighted by Gasteiger charge is 2.21. The number of nitrogens with two attached hydrogens (primary N) is 1. The first-order valence-corrected chi connectivity index (χ1v) is 6.61. The second kappa shape index (κ2) is 5.72. The summed E-state index contributed by atoms with van der Waals surface area (Å²) >= 11 is 0. The summed E-state index contributed by atoms with van der Waals surface area (Å²) < 4.78 is 26.4. The van der Waals surface area contributed by atoms with Gasteiger partial charge >= 0.3 is 0 Å². The van der Waals surface area contributed by atoms with Crippen molar-refractivity contribution in [3.63, 3.8) is 0 Å². The second-order valence-corrected chi connectivity index (χ2v) is 5.11. The molecule has 1 aromatic heterocycles. The van der Waals surface area contributed by atoms with E-state index in [-0.39, 0.29) is 23.2 Å². The van der Waals surface area contributed by atoms with Gasteiger partial charge in [0, 0.05) is 18.8 Å². The summed E-state index contributed by atoms with van der Waals surface area (Å²) in [4.78, 5) is 3.59. The van der Waals surface area contributed by atoms with Crippen molar-refractivity contribution in [1.29, 1.82) is 5.26 Å². The number of aromatic nitrogens is 1. The van der Waals surface area contributed by atoms with Crippen LogP contribution in [-0.2, 0) is 10.0 Å². The number of hydrogen-bond acceptors (Lipinski definition) is 5. The summed E-state index contributed by atoms with van der Waals surface area (Å²) in [5.41, 5.74) is 5.31. The highest BCUT2D eigenvalue weighted by Crippen LogP contribution is 2.12. The zero-order valence-corrected chi connectivity index (χ0v) is 10.2. The molecule has 0 saturated carbocycles. The normalized spacial score (nSPS) is 13.0. The Kier molecular flexibility index (Phi) is 4.57. The maximum atomic E-state index is 12.0. The summed E-state index contributed by atoms with van der Waals surface area (Å²) in [5, 5.41) is 8.80. The Bertz CT molecular complexity index is 517. The average molecular weight is 254 g/mol. The molecule has 0 bridgehead atoms. The molecule has 0 saturated heterocycles. The van der Waals surface area contributed by atoms with Crippen LogP contribution in [0.5, 0.6) is 0 Å². The van der Waals surface area contributed by atoms with E-state index in [4.69, 9.17) is 11.0 Å². The van der Waals surface area contributed by atoms with Crippen LogP contribution in [0.4, 0.5) is 0 Å². The molecule has 0 aliphatic rings. The van der Waals surface area contributed by atoms with Gasteiger partial charge in [-0.05, 0) is 18.6 Å². The number of nitrogens with one attached hydrogen (secondary N) is 1. The fourth-order valence-electron chi connectivity index (χ4n) is 1.27. The van der Waals surface area contributed by atoms with E-state index in [0.29, 0.717) is 6.42 Å².